The number of nitrogens with two attached hydrogens (primary N) is 2. The lowest BCUT2D eigenvalue weighted by Gasteiger charge is -2.33. The first kappa shape index (κ1) is 43.4. The van der Waals surface area contributed by atoms with E-state index < -0.39 is 62.0 Å². The molecule has 0 bridgehead atoms. The zero-order valence-electron chi connectivity index (χ0n) is 31.2. The Kier molecular flexibility index (Phi) is 16.7. The number of carbonyl (C=O) groups is 2. The summed E-state index contributed by atoms with van der Waals surface area (Å²) in [6.07, 6.45) is 0.525. The van der Waals surface area contributed by atoms with Gasteiger partial charge >= 0.3 is 13.6 Å². The summed E-state index contributed by atoms with van der Waals surface area (Å²) < 4.78 is 36.8. The van der Waals surface area contributed by atoms with Gasteiger partial charge in [-0.1, -0.05) is 48.5 Å². The largest absolute Gasteiger partial charge is 0.479 e. The van der Waals surface area contributed by atoms with Gasteiger partial charge in [0.25, 0.3) is 0 Å². The molecule has 8 unspecified atom stereocenters. The fraction of sp³-hybridized carbons (Fsp3) is 0.788. The van der Waals surface area contributed by atoms with Crippen LogP contribution in [0.2, 0.25) is 0 Å². The second-order valence-electron chi connectivity index (χ2n) is 13.7. The Labute approximate surface area is 296 Å². The number of ether oxygens (including phenoxy) is 3. The molecule has 1 aromatic rings. The Morgan fingerprint density at radius 3 is 2.14 bits per heavy atom. The third kappa shape index (κ3) is 11.1. The minimum absolute atomic E-state index is 0.0101. The average Bonchev–Trinajstić information content (AvgIpc) is 3.58. The number of carbonyl (C=O) groups excluding carboxylic acids is 2. The van der Waals surface area contributed by atoms with Crippen LogP contribution in [0, 0.1) is 29.6 Å². The van der Waals surface area contributed by atoms with Gasteiger partial charge < -0.3 is 40.4 Å². The highest BCUT2D eigenvalue weighted by molar-refractivity contribution is 7.54. The van der Waals surface area contributed by atoms with Gasteiger partial charge in [-0.25, -0.2) is 10.2 Å². The highest BCUT2D eigenvalue weighted by Gasteiger charge is 2.66. The summed E-state index contributed by atoms with van der Waals surface area (Å²) >= 11 is 0. The number of nitrogen functional groups attached to an aromatic ring is 2. The van der Waals surface area contributed by atoms with Crippen molar-refractivity contribution in [3.8, 4) is 5.88 Å². The van der Waals surface area contributed by atoms with Crippen molar-refractivity contribution in [1.82, 2.24) is 20.1 Å². The van der Waals surface area contributed by atoms with E-state index in [4.69, 9.17) is 30.2 Å². The molecule has 16 nitrogen and oxygen atoms in total. The number of hydrogen-bond donors (Lipinski definition) is 6. The van der Waals surface area contributed by atoms with Gasteiger partial charge in [0.1, 0.15) is 23.9 Å². The fourth-order valence-corrected chi connectivity index (χ4v) is 7.93. The normalized spacial score (nSPS) is 22.8. The Hall–Kier alpha value is -2.72. The van der Waals surface area contributed by atoms with E-state index in [0.29, 0.717) is 19.3 Å². The number of methoxy groups -OCH3 is 2. The number of esters is 1. The van der Waals surface area contributed by atoms with Crippen LogP contribution in [-0.2, 0) is 28.2 Å². The molecule has 50 heavy (non-hydrogen) atoms. The molecule has 1 aliphatic carbocycles. The zero-order chi connectivity index (χ0) is 38.0. The summed E-state index contributed by atoms with van der Waals surface area (Å²) in [5.41, 5.74) is 10.0. The number of aliphatic hydroxyl groups excluding tert-OH is 1. The van der Waals surface area contributed by atoms with Gasteiger partial charge in [0.15, 0.2) is 17.3 Å². The summed E-state index contributed by atoms with van der Waals surface area (Å²) in [7, 11) is -1.56. The fourth-order valence-electron chi connectivity index (χ4n) is 6.09. The van der Waals surface area contributed by atoms with Crippen molar-refractivity contribution in [2.45, 2.75) is 111 Å². The SMILES string of the molecule is CCOC(=O)C(CC(C)C)NP(=O)(NC(CC(C)C)C(=O)C(CC)CC)OCC(OC)C(O)C1(O)C(C)C1C=Nc1c(N)nc(N)nc1OC. The van der Waals surface area contributed by atoms with Gasteiger partial charge in [-0.2, -0.15) is 9.97 Å². The van der Waals surface area contributed by atoms with E-state index in [9.17, 15) is 24.4 Å². The Morgan fingerprint density at radius 2 is 1.62 bits per heavy atom. The first-order chi connectivity index (χ1) is 23.4. The molecule has 1 heterocycles. The Morgan fingerprint density at radius 1 is 1.04 bits per heavy atom. The number of nitrogens with zero attached hydrogens (tertiary/aromatic N) is 3. The van der Waals surface area contributed by atoms with Crippen molar-refractivity contribution in [3.63, 3.8) is 0 Å². The predicted octanol–water partition coefficient (Wildman–Crippen LogP) is 3.43. The number of ketones is 1. The number of nitrogens with one attached hydrogen (secondary N) is 2. The average molecular weight is 730 g/mol. The van der Waals surface area contributed by atoms with Crippen molar-refractivity contribution in [2.24, 2.45) is 34.6 Å². The first-order valence-corrected chi connectivity index (χ1v) is 19.0. The number of Topliss-reactive ketones (excluding diaryl/α,β-unsaturated/α-hetero) is 1. The van der Waals surface area contributed by atoms with E-state index >= 15 is 0 Å². The Balaban J connectivity index is 2.42. The number of rotatable bonds is 23. The lowest BCUT2D eigenvalue weighted by Crippen LogP contribution is -2.48. The van der Waals surface area contributed by atoms with Gasteiger partial charge in [-0.15, -0.1) is 0 Å². The molecule has 1 aromatic heterocycles. The van der Waals surface area contributed by atoms with E-state index in [-0.39, 0.29) is 59.9 Å². The maximum atomic E-state index is 14.8. The van der Waals surface area contributed by atoms with Crippen molar-refractivity contribution in [2.75, 3.05) is 38.9 Å². The molecule has 2 rings (SSSR count). The molecule has 8 N–H and O–H groups in total. The van der Waals surface area contributed by atoms with E-state index in [2.05, 4.69) is 25.1 Å². The van der Waals surface area contributed by atoms with Gasteiger partial charge in [-0.3, -0.25) is 19.1 Å². The van der Waals surface area contributed by atoms with Gasteiger partial charge in [-0.05, 0) is 50.4 Å². The minimum Gasteiger partial charge on any atom is -0.479 e. The van der Waals surface area contributed by atoms with Crippen LogP contribution in [0.25, 0.3) is 0 Å². The van der Waals surface area contributed by atoms with Gasteiger partial charge in [0.2, 0.25) is 11.8 Å². The van der Waals surface area contributed by atoms with Crippen molar-refractivity contribution in [1.29, 1.82) is 0 Å². The number of anilines is 2. The molecular formula is C33H60N7O9P. The second-order valence-corrected chi connectivity index (χ2v) is 15.5. The predicted molar refractivity (Wildman–Crippen MR) is 192 cm³/mol. The van der Waals surface area contributed by atoms with E-state index in [0.717, 1.165) is 0 Å². The second kappa shape index (κ2) is 19.2. The third-order valence-corrected chi connectivity index (χ3v) is 10.9. The molecule has 0 radical (unpaired) electrons. The van der Waals surface area contributed by atoms with Crippen molar-refractivity contribution < 1.29 is 43.1 Å². The number of hydrogen-bond acceptors (Lipinski definition) is 14. The van der Waals surface area contributed by atoms with Gasteiger partial charge in [0.05, 0.1) is 26.4 Å². The zero-order valence-corrected chi connectivity index (χ0v) is 32.1. The van der Waals surface area contributed by atoms with Crippen LogP contribution >= 0.6 is 7.67 Å². The Bertz CT molecular complexity index is 1350. The maximum absolute atomic E-state index is 14.8. The van der Waals surface area contributed by atoms with E-state index in [1.165, 1.54) is 20.4 Å². The summed E-state index contributed by atoms with van der Waals surface area (Å²) in [6, 6.07) is -1.89. The highest BCUT2D eigenvalue weighted by Crippen LogP contribution is 2.53. The third-order valence-electron chi connectivity index (χ3n) is 9.06. The summed E-state index contributed by atoms with van der Waals surface area (Å²) in [6.45, 7) is 14.6. The molecule has 0 saturated heterocycles. The highest BCUT2D eigenvalue weighted by atomic mass is 31.2. The monoisotopic (exact) mass is 729 g/mol. The van der Waals surface area contributed by atoms with E-state index in [1.807, 2.05) is 41.5 Å². The smallest absolute Gasteiger partial charge is 0.342 e. The number of aliphatic hydroxyl groups is 2. The standard InChI is InChI=1S/C33H60N7O9P/c1-11-21(12-2)27(41)23(14-18(4)5)39-50(45,40-24(15-19(6)7)31(43)48-13-3)49-17-25(46-9)28(42)33(44)20(8)22(33)16-36-26-29(34)37-32(35)38-30(26)47-10/h16,18-25,28,42,44H,11-15,17H2,1-10H3,(H2,39,40,45)(H4,34,35,37,38). The molecule has 0 aliphatic heterocycles. The minimum atomic E-state index is -4.25. The number of aromatic nitrogens is 2. The molecule has 1 saturated carbocycles. The molecule has 286 valence electrons. The van der Waals surface area contributed by atoms with Crippen LogP contribution in [0.1, 0.15) is 81.1 Å². The van der Waals surface area contributed by atoms with Crippen LogP contribution in [0.3, 0.4) is 0 Å². The van der Waals surface area contributed by atoms with Crippen molar-refractivity contribution >= 4 is 43.1 Å². The molecule has 1 aliphatic rings. The summed E-state index contributed by atoms with van der Waals surface area (Å²) in [5, 5.41) is 28.9. The topological polar surface area (TPSA) is 243 Å². The molecule has 1 fully saturated rings. The molecule has 0 aromatic carbocycles. The molecule has 17 heteroatoms. The van der Waals surface area contributed by atoms with Crippen LogP contribution < -0.4 is 26.4 Å². The van der Waals surface area contributed by atoms with Crippen LogP contribution in [-0.4, -0.2) is 95.5 Å². The molecule has 0 spiro atoms. The lowest BCUT2D eigenvalue weighted by molar-refractivity contribution is -0.145. The van der Waals surface area contributed by atoms with Crippen LogP contribution in [0.15, 0.2) is 4.99 Å². The maximum Gasteiger partial charge on any atom is 0.342 e. The summed E-state index contributed by atoms with van der Waals surface area (Å²) in [5.74, 6) is -2.16. The van der Waals surface area contributed by atoms with E-state index in [1.54, 1.807) is 13.8 Å². The van der Waals surface area contributed by atoms with Gasteiger partial charge in [0, 0.05) is 25.2 Å². The molecule has 8 atom stereocenters. The lowest BCUT2D eigenvalue weighted by atomic mass is 9.90. The van der Waals surface area contributed by atoms with Crippen LogP contribution in [0.4, 0.5) is 17.5 Å². The quantitative estimate of drug-likeness (QED) is 0.0537. The van der Waals surface area contributed by atoms with Crippen LogP contribution in [0.5, 0.6) is 5.88 Å². The summed E-state index contributed by atoms with van der Waals surface area (Å²) in [4.78, 5) is 38.9. The number of aliphatic imine (C=N–C) groups is 1. The first-order valence-electron chi connectivity index (χ1n) is 17.4. The molecular weight excluding hydrogens is 669 g/mol. The van der Waals surface area contributed by atoms with Crippen molar-refractivity contribution in [3.05, 3.63) is 0 Å². The molecule has 0 amide bonds.